The second-order valence-electron chi connectivity index (χ2n) is 6.06. The van der Waals surface area contributed by atoms with Crippen molar-refractivity contribution < 1.29 is 19.1 Å². The summed E-state index contributed by atoms with van der Waals surface area (Å²) in [7, 11) is 0. The van der Waals surface area contributed by atoms with Crippen LogP contribution in [0.1, 0.15) is 6.42 Å². The summed E-state index contributed by atoms with van der Waals surface area (Å²) in [5.74, 6) is 0.448. The Morgan fingerprint density at radius 3 is 2.89 bits per heavy atom. The zero-order chi connectivity index (χ0) is 18.8. The maximum absolute atomic E-state index is 13.4. The molecule has 0 bridgehead atoms. The molecule has 1 atom stereocenters. The summed E-state index contributed by atoms with van der Waals surface area (Å²) in [5.41, 5.74) is 3.72. The molecule has 0 unspecified atom stereocenters. The minimum Gasteiger partial charge on any atom is -0.486 e. The number of rotatable bonds is 5. The number of nitrogens with one attached hydrogen (secondary N) is 2. The lowest BCUT2D eigenvalue weighted by Gasteiger charge is -2.16. The van der Waals surface area contributed by atoms with Gasteiger partial charge < -0.3 is 14.8 Å². The fraction of sp³-hybridized carbons (Fsp3) is 0.222. The van der Waals surface area contributed by atoms with Crippen molar-refractivity contribution in [3.63, 3.8) is 0 Å². The van der Waals surface area contributed by atoms with E-state index in [0.29, 0.717) is 47.1 Å². The van der Waals surface area contributed by atoms with E-state index in [1.54, 1.807) is 18.2 Å². The van der Waals surface area contributed by atoms with Gasteiger partial charge in [-0.25, -0.2) is 14.4 Å². The Balaban J connectivity index is 1.70. The Hall–Kier alpha value is -2.68. The van der Waals surface area contributed by atoms with Crippen LogP contribution < -0.4 is 15.5 Å². The third kappa shape index (κ3) is 3.73. The molecule has 0 aliphatic carbocycles. The highest BCUT2D eigenvalue weighted by Crippen LogP contribution is 2.34. The molecule has 2 heterocycles. The predicted octanol–water partition coefficient (Wildman–Crippen LogP) is 4.13. The van der Waals surface area contributed by atoms with Crippen molar-refractivity contribution in [3.8, 4) is 5.75 Å². The molecule has 0 spiro atoms. The molecule has 1 aliphatic heterocycles. The molecule has 0 amide bonds. The van der Waals surface area contributed by atoms with Gasteiger partial charge in [-0.1, -0.05) is 11.6 Å². The van der Waals surface area contributed by atoms with E-state index in [1.807, 2.05) is 0 Å². The number of aromatic nitrogens is 2. The van der Waals surface area contributed by atoms with Crippen LogP contribution >= 0.6 is 11.6 Å². The molecular weight excluding hydrogens is 375 g/mol. The van der Waals surface area contributed by atoms with Gasteiger partial charge in [0.25, 0.3) is 0 Å². The molecule has 2 aromatic carbocycles. The molecule has 9 heteroatoms. The molecular formula is C18H16ClFN4O3. The minimum absolute atomic E-state index is 0.00513. The van der Waals surface area contributed by atoms with Crippen LogP contribution in [-0.2, 0) is 4.74 Å². The highest BCUT2D eigenvalue weighted by Gasteiger charge is 2.20. The monoisotopic (exact) mass is 390 g/mol. The van der Waals surface area contributed by atoms with Crippen LogP contribution in [0.4, 0.5) is 21.6 Å². The minimum atomic E-state index is -0.501. The Bertz CT molecular complexity index is 982. The predicted molar refractivity (Wildman–Crippen MR) is 99.5 cm³/mol. The zero-order valence-corrected chi connectivity index (χ0v) is 14.8. The van der Waals surface area contributed by atoms with Crippen LogP contribution in [0.5, 0.6) is 5.75 Å². The lowest BCUT2D eigenvalue weighted by atomic mass is 10.2. The van der Waals surface area contributed by atoms with Gasteiger partial charge in [-0.05, 0) is 24.3 Å². The molecule has 3 N–H and O–H groups in total. The van der Waals surface area contributed by atoms with E-state index < -0.39 is 5.82 Å². The third-order valence-electron chi connectivity index (χ3n) is 4.22. The highest BCUT2D eigenvalue weighted by molar-refractivity contribution is 6.31. The van der Waals surface area contributed by atoms with Gasteiger partial charge in [-0.2, -0.15) is 0 Å². The van der Waals surface area contributed by atoms with Crippen LogP contribution in [0, 0.1) is 5.82 Å². The van der Waals surface area contributed by atoms with Crippen molar-refractivity contribution in [1.29, 1.82) is 0 Å². The molecule has 1 saturated heterocycles. The van der Waals surface area contributed by atoms with Crippen molar-refractivity contribution in [1.82, 2.24) is 9.97 Å². The standard InChI is InChI=1S/C18H16ClFN4O3/c19-13-5-10(1-2-14(13)20)23-18-12-6-16(24-25)17(7-15(12)21-9-22-18)27-11-3-4-26-8-11/h1-2,5-7,9,11,24-25H,3-4,8H2,(H,21,22,23)/t11-/m0/s1. The largest absolute Gasteiger partial charge is 0.486 e. The summed E-state index contributed by atoms with van der Waals surface area (Å²) < 4.78 is 24.6. The quantitative estimate of drug-likeness (QED) is 0.564. The van der Waals surface area contributed by atoms with Crippen LogP contribution in [0.15, 0.2) is 36.7 Å². The average Bonchev–Trinajstić information content (AvgIpc) is 3.17. The Morgan fingerprint density at radius 1 is 1.26 bits per heavy atom. The first-order valence-corrected chi connectivity index (χ1v) is 8.67. The Morgan fingerprint density at radius 2 is 2.15 bits per heavy atom. The molecule has 7 nitrogen and oxygen atoms in total. The average molecular weight is 391 g/mol. The third-order valence-corrected chi connectivity index (χ3v) is 4.51. The summed E-state index contributed by atoms with van der Waals surface area (Å²) in [5, 5.41) is 13.3. The van der Waals surface area contributed by atoms with E-state index in [1.165, 1.54) is 18.5 Å². The smallest absolute Gasteiger partial charge is 0.147 e. The summed E-state index contributed by atoms with van der Waals surface area (Å²) in [4.78, 5) is 8.50. The van der Waals surface area contributed by atoms with Gasteiger partial charge in [0, 0.05) is 23.6 Å². The van der Waals surface area contributed by atoms with Crippen molar-refractivity contribution in [2.75, 3.05) is 24.0 Å². The Labute approximate surface area is 159 Å². The number of hydrogen-bond acceptors (Lipinski definition) is 7. The van der Waals surface area contributed by atoms with Crippen LogP contribution in [-0.4, -0.2) is 34.5 Å². The van der Waals surface area contributed by atoms with Gasteiger partial charge in [0.1, 0.15) is 35.5 Å². The van der Waals surface area contributed by atoms with Gasteiger partial charge in [-0.3, -0.25) is 10.7 Å². The number of fused-ring (bicyclic) bond motifs is 1. The summed E-state index contributed by atoms with van der Waals surface area (Å²) in [6, 6.07) is 7.68. The second kappa shape index (κ2) is 7.51. The van der Waals surface area contributed by atoms with E-state index in [9.17, 15) is 9.60 Å². The van der Waals surface area contributed by atoms with Gasteiger partial charge in [0.05, 0.1) is 23.8 Å². The molecule has 1 aliphatic rings. The van der Waals surface area contributed by atoms with Crippen molar-refractivity contribution in [3.05, 3.63) is 47.5 Å². The van der Waals surface area contributed by atoms with Gasteiger partial charge in [-0.15, -0.1) is 0 Å². The van der Waals surface area contributed by atoms with E-state index in [4.69, 9.17) is 21.1 Å². The zero-order valence-electron chi connectivity index (χ0n) is 14.1. The van der Waals surface area contributed by atoms with Crippen molar-refractivity contribution >= 4 is 39.7 Å². The number of hydrogen-bond donors (Lipinski definition) is 3. The highest BCUT2D eigenvalue weighted by atomic mass is 35.5. The van der Waals surface area contributed by atoms with Gasteiger partial charge in [0.15, 0.2) is 0 Å². The van der Waals surface area contributed by atoms with Gasteiger partial charge in [0.2, 0.25) is 0 Å². The molecule has 4 rings (SSSR count). The molecule has 140 valence electrons. The van der Waals surface area contributed by atoms with E-state index >= 15 is 0 Å². The molecule has 1 fully saturated rings. The summed E-state index contributed by atoms with van der Waals surface area (Å²) >= 11 is 5.83. The maximum atomic E-state index is 13.4. The van der Waals surface area contributed by atoms with Crippen LogP contribution in [0.25, 0.3) is 10.9 Å². The Kier molecular flexibility index (Phi) is 4.93. The topological polar surface area (TPSA) is 88.5 Å². The fourth-order valence-electron chi connectivity index (χ4n) is 2.86. The van der Waals surface area contributed by atoms with Gasteiger partial charge >= 0.3 is 0 Å². The molecule has 1 aromatic heterocycles. The number of anilines is 3. The number of halogens is 2. The molecule has 0 saturated carbocycles. The van der Waals surface area contributed by atoms with Crippen LogP contribution in [0.2, 0.25) is 5.02 Å². The van der Waals surface area contributed by atoms with Crippen LogP contribution in [0.3, 0.4) is 0 Å². The number of ether oxygens (including phenoxy) is 2. The maximum Gasteiger partial charge on any atom is 0.147 e. The first kappa shape index (κ1) is 17.7. The first-order chi connectivity index (χ1) is 13.1. The molecule has 0 radical (unpaired) electrons. The molecule has 27 heavy (non-hydrogen) atoms. The number of benzene rings is 2. The first-order valence-electron chi connectivity index (χ1n) is 8.29. The number of nitrogens with zero attached hydrogens (tertiary/aromatic N) is 2. The fourth-order valence-corrected chi connectivity index (χ4v) is 3.04. The van der Waals surface area contributed by atoms with E-state index in [2.05, 4.69) is 20.8 Å². The lowest BCUT2D eigenvalue weighted by Crippen LogP contribution is -2.16. The summed E-state index contributed by atoms with van der Waals surface area (Å²) in [6.45, 7) is 1.15. The van der Waals surface area contributed by atoms with E-state index in [-0.39, 0.29) is 11.1 Å². The van der Waals surface area contributed by atoms with Crippen molar-refractivity contribution in [2.45, 2.75) is 12.5 Å². The lowest BCUT2D eigenvalue weighted by molar-refractivity contribution is 0.141. The normalized spacial score (nSPS) is 16.5. The summed E-state index contributed by atoms with van der Waals surface area (Å²) in [6.07, 6.45) is 2.12. The van der Waals surface area contributed by atoms with Crippen molar-refractivity contribution in [2.24, 2.45) is 0 Å². The van der Waals surface area contributed by atoms with E-state index in [0.717, 1.165) is 6.42 Å². The molecule has 3 aromatic rings. The SMILES string of the molecule is ONc1cc2c(Nc3ccc(F)c(Cl)c3)ncnc2cc1O[C@H]1CCOC1. The second-order valence-corrected chi connectivity index (χ2v) is 6.46.